The monoisotopic (exact) mass is 577 g/mol. The minimum Gasteiger partial charge on any atom is -0.342 e. The summed E-state index contributed by atoms with van der Waals surface area (Å²) in [7, 11) is 0. The van der Waals surface area contributed by atoms with Crippen LogP contribution in [-0.4, -0.2) is 32.3 Å². The molecule has 0 bridgehead atoms. The zero-order valence-electron chi connectivity index (χ0n) is 20.4. The van der Waals surface area contributed by atoms with Crippen molar-refractivity contribution in [3.8, 4) is 0 Å². The van der Waals surface area contributed by atoms with Crippen LogP contribution in [-0.2, 0) is 11.3 Å². The molecule has 2 aromatic carbocycles. The predicted octanol–water partition coefficient (Wildman–Crippen LogP) is 6.19. The zero-order valence-corrected chi connectivity index (χ0v) is 23.5. The number of anilines is 1. The van der Waals surface area contributed by atoms with Gasteiger partial charge in [0.15, 0.2) is 11.0 Å². The average molecular weight is 579 g/mol. The third-order valence-electron chi connectivity index (χ3n) is 5.51. The molecule has 0 aliphatic rings. The van der Waals surface area contributed by atoms with Crippen LogP contribution < -0.4 is 10.6 Å². The van der Waals surface area contributed by atoms with Crippen molar-refractivity contribution >= 4 is 56.8 Å². The number of thioether (sulfide) groups is 1. The first-order valence-electron chi connectivity index (χ1n) is 11.3. The maximum atomic E-state index is 12.9. The van der Waals surface area contributed by atoms with Crippen LogP contribution in [0.15, 0.2) is 46.0 Å². The van der Waals surface area contributed by atoms with Crippen LogP contribution in [0.2, 0.25) is 5.02 Å². The van der Waals surface area contributed by atoms with Crippen LogP contribution in [0.5, 0.6) is 0 Å². The summed E-state index contributed by atoms with van der Waals surface area (Å²) in [5.74, 6) is 0.494. The number of carbonyl (C=O) groups excluding carboxylic acids is 2. The first-order valence-corrected chi connectivity index (χ1v) is 13.5. The van der Waals surface area contributed by atoms with E-state index >= 15 is 0 Å². The lowest BCUT2D eigenvalue weighted by molar-refractivity contribution is -0.113. The van der Waals surface area contributed by atoms with Crippen LogP contribution in [0, 0.1) is 19.8 Å². The summed E-state index contributed by atoms with van der Waals surface area (Å²) >= 11 is 11.0. The Morgan fingerprint density at radius 2 is 1.80 bits per heavy atom. The summed E-state index contributed by atoms with van der Waals surface area (Å²) in [5, 5.41) is 15.8. The predicted molar refractivity (Wildman–Crippen MR) is 145 cm³/mol. The van der Waals surface area contributed by atoms with Gasteiger partial charge < -0.3 is 15.2 Å². The van der Waals surface area contributed by atoms with Gasteiger partial charge in [-0.05, 0) is 62.1 Å². The maximum absolute atomic E-state index is 12.9. The highest BCUT2D eigenvalue weighted by atomic mass is 79.9. The minimum absolute atomic E-state index is 0.0560. The molecule has 1 atom stereocenters. The molecule has 0 radical (unpaired) electrons. The van der Waals surface area contributed by atoms with Gasteiger partial charge in [0.05, 0.1) is 22.4 Å². The molecule has 2 N–H and O–H groups in total. The Hall–Kier alpha value is -2.36. The highest BCUT2D eigenvalue weighted by Crippen LogP contribution is 2.28. The van der Waals surface area contributed by atoms with E-state index in [1.807, 2.05) is 51.3 Å². The number of nitrogens with one attached hydrogen (secondary N) is 2. The van der Waals surface area contributed by atoms with Crippen molar-refractivity contribution in [2.75, 3.05) is 11.1 Å². The molecule has 0 spiro atoms. The van der Waals surface area contributed by atoms with Gasteiger partial charge in [0.2, 0.25) is 5.91 Å². The fourth-order valence-corrected chi connectivity index (χ4v) is 5.46. The molecule has 1 aromatic heterocycles. The second-order valence-electron chi connectivity index (χ2n) is 8.51. The number of aromatic nitrogens is 3. The number of hydrogen-bond donors (Lipinski definition) is 2. The van der Waals surface area contributed by atoms with Gasteiger partial charge in [-0.3, -0.25) is 9.59 Å². The Morgan fingerprint density at radius 1 is 1.14 bits per heavy atom. The van der Waals surface area contributed by atoms with Crippen LogP contribution in [0.1, 0.15) is 54.1 Å². The third-order valence-corrected chi connectivity index (χ3v) is 7.26. The molecular weight excluding hydrogens is 550 g/mol. The molecule has 3 aromatic rings. The van der Waals surface area contributed by atoms with Crippen molar-refractivity contribution in [3.63, 3.8) is 0 Å². The Balaban J connectivity index is 1.74. The lowest BCUT2D eigenvalue weighted by atomic mass is 10.0. The summed E-state index contributed by atoms with van der Waals surface area (Å²) < 4.78 is 2.91. The molecule has 10 heteroatoms. The van der Waals surface area contributed by atoms with E-state index in [1.54, 1.807) is 24.3 Å². The van der Waals surface area contributed by atoms with E-state index in [0.29, 0.717) is 28.1 Å². The normalized spacial score (nSPS) is 12.0. The maximum Gasteiger partial charge on any atom is 0.253 e. The highest BCUT2D eigenvalue weighted by molar-refractivity contribution is 9.10. The van der Waals surface area contributed by atoms with Crippen LogP contribution in [0.3, 0.4) is 0 Å². The van der Waals surface area contributed by atoms with Gasteiger partial charge in [-0.1, -0.05) is 65.3 Å². The molecule has 3 rings (SSSR count). The number of nitrogens with zero attached hydrogens (tertiary/aromatic N) is 3. The van der Waals surface area contributed by atoms with Gasteiger partial charge in [0.25, 0.3) is 5.91 Å². The van der Waals surface area contributed by atoms with E-state index in [1.165, 1.54) is 11.8 Å². The largest absolute Gasteiger partial charge is 0.342 e. The molecule has 0 aliphatic heterocycles. The van der Waals surface area contributed by atoms with Crippen molar-refractivity contribution < 1.29 is 9.59 Å². The van der Waals surface area contributed by atoms with Crippen molar-refractivity contribution in [2.45, 2.75) is 52.4 Å². The number of hydrogen-bond acceptors (Lipinski definition) is 5. The topological polar surface area (TPSA) is 88.9 Å². The summed E-state index contributed by atoms with van der Waals surface area (Å²) in [6.07, 6.45) is 0. The van der Waals surface area contributed by atoms with E-state index < -0.39 is 0 Å². The Morgan fingerprint density at radius 3 is 2.40 bits per heavy atom. The van der Waals surface area contributed by atoms with Gasteiger partial charge in [0, 0.05) is 16.7 Å². The molecular formula is C25H29BrClN5O2S. The fourth-order valence-electron chi connectivity index (χ4n) is 3.74. The number of amides is 2. The molecule has 0 fully saturated rings. The van der Waals surface area contributed by atoms with Crippen molar-refractivity contribution in [2.24, 2.45) is 5.92 Å². The summed E-state index contributed by atoms with van der Waals surface area (Å²) in [4.78, 5) is 25.6. The summed E-state index contributed by atoms with van der Waals surface area (Å²) in [6.45, 7) is 10.5. The molecule has 35 heavy (non-hydrogen) atoms. The van der Waals surface area contributed by atoms with Crippen LogP contribution >= 0.6 is 39.3 Å². The SMILES string of the molecule is CCn1c(SCC(=O)Nc2c(C)cc(Br)cc2C)nnc1[C@@H](NC(=O)c1ccccc1Cl)C(C)C. The second-order valence-corrected chi connectivity index (χ2v) is 10.8. The quantitative estimate of drug-likeness (QED) is 0.296. The second kappa shape index (κ2) is 12.1. The minimum atomic E-state index is -0.373. The number of benzene rings is 2. The molecule has 1 heterocycles. The van der Waals surface area contributed by atoms with Crippen LogP contribution in [0.4, 0.5) is 5.69 Å². The number of carbonyl (C=O) groups is 2. The Bertz CT molecular complexity index is 1210. The molecule has 0 unspecified atom stereocenters. The van der Waals surface area contributed by atoms with Crippen molar-refractivity contribution in [1.29, 1.82) is 0 Å². The molecule has 0 saturated heterocycles. The number of aryl methyl sites for hydroxylation is 2. The van der Waals surface area contributed by atoms with E-state index in [-0.39, 0.29) is 29.5 Å². The van der Waals surface area contributed by atoms with Gasteiger partial charge >= 0.3 is 0 Å². The molecule has 2 amide bonds. The highest BCUT2D eigenvalue weighted by Gasteiger charge is 2.27. The number of rotatable bonds is 9. The van der Waals surface area contributed by atoms with Crippen molar-refractivity contribution in [3.05, 3.63) is 68.4 Å². The molecule has 0 aliphatic carbocycles. The third kappa shape index (κ3) is 6.65. The van der Waals surface area contributed by atoms with E-state index in [4.69, 9.17) is 11.6 Å². The summed E-state index contributed by atoms with van der Waals surface area (Å²) in [6, 6.07) is 10.5. The Kier molecular flexibility index (Phi) is 9.38. The van der Waals surface area contributed by atoms with Crippen LogP contribution in [0.25, 0.3) is 0 Å². The van der Waals surface area contributed by atoms with E-state index in [9.17, 15) is 9.59 Å². The fraction of sp³-hybridized carbons (Fsp3) is 0.360. The molecule has 186 valence electrons. The summed E-state index contributed by atoms with van der Waals surface area (Å²) in [5.41, 5.74) is 3.21. The zero-order chi connectivity index (χ0) is 25.7. The van der Waals surface area contributed by atoms with Gasteiger partial charge in [-0.15, -0.1) is 10.2 Å². The van der Waals surface area contributed by atoms with E-state index in [0.717, 1.165) is 21.3 Å². The van der Waals surface area contributed by atoms with Gasteiger partial charge in [-0.2, -0.15) is 0 Å². The Labute approximate surface area is 223 Å². The molecule has 0 saturated carbocycles. The smallest absolute Gasteiger partial charge is 0.253 e. The molecule has 7 nitrogen and oxygen atoms in total. The lowest BCUT2D eigenvalue weighted by Gasteiger charge is -2.22. The van der Waals surface area contributed by atoms with Gasteiger partial charge in [-0.25, -0.2) is 0 Å². The van der Waals surface area contributed by atoms with Crippen molar-refractivity contribution in [1.82, 2.24) is 20.1 Å². The number of halogens is 2. The first-order chi connectivity index (χ1) is 16.6. The lowest BCUT2D eigenvalue weighted by Crippen LogP contribution is -2.34. The van der Waals surface area contributed by atoms with E-state index in [2.05, 4.69) is 36.8 Å². The average Bonchev–Trinajstić information content (AvgIpc) is 3.20. The first kappa shape index (κ1) is 27.2. The van der Waals surface area contributed by atoms with Gasteiger partial charge in [0.1, 0.15) is 0 Å². The standard InChI is InChI=1S/C25H29BrClN5O2S/c1-6-32-23(21(14(2)3)29-24(34)18-9-7-8-10-19(18)27)30-31-25(32)35-13-20(33)28-22-15(4)11-17(26)12-16(22)5/h7-12,14,21H,6,13H2,1-5H3,(H,28,33)(H,29,34)/t21-/m0/s1.